The van der Waals surface area contributed by atoms with Gasteiger partial charge in [-0.3, -0.25) is 0 Å². The third kappa shape index (κ3) is 7.42. The summed E-state index contributed by atoms with van der Waals surface area (Å²) in [5, 5.41) is 70.0. The van der Waals surface area contributed by atoms with E-state index in [1.54, 1.807) is 12.2 Å². The predicted octanol–water partition coefficient (Wildman–Crippen LogP) is -2.39. The van der Waals surface area contributed by atoms with Crippen LogP contribution in [0.3, 0.4) is 0 Å². The second-order valence-corrected chi connectivity index (χ2v) is 11.0. The Balaban J connectivity index is 1.70. The highest BCUT2D eigenvalue weighted by molar-refractivity contribution is 5.90. The summed E-state index contributed by atoms with van der Waals surface area (Å²) in [5.74, 6) is -6.34. The third-order valence-corrected chi connectivity index (χ3v) is 8.08. The molecule has 1 saturated carbocycles. The van der Waals surface area contributed by atoms with Gasteiger partial charge in [0.1, 0.15) is 37.1 Å². The van der Waals surface area contributed by atoms with Gasteiger partial charge in [-0.15, -0.1) is 0 Å². The van der Waals surface area contributed by atoms with Crippen molar-refractivity contribution in [3.05, 3.63) is 59.1 Å². The van der Waals surface area contributed by atoms with Gasteiger partial charge in [0.25, 0.3) is 0 Å². The zero-order valence-electron chi connectivity index (χ0n) is 23.7. The molecule has 8 atom stereocenters. The van der Waals surface area contributed by atoms with Crippen LogP contribution < -0.4 is 4.90 Å². The Morgan fingerprint density at radius 1 is 1.14 bits per heavy atom. The van der Waals surface area contributed by atoms with Crippen LogP contribution in [0.1, 0.15) is 25.7 Å². The number of rotatable bonds is 10. The molecule has 0 spiro atoms. The first-order valence-electron chi connectivity index (χ1n) is 14.2. The quantitative estimate of drug-likeness (QED) is 0.0737. The van der Waals surface area contributed by atoms with Gasteiger partial charge in [-0.25, -0.2) is 9.59 Å². The number of hydrogen-bond donors (Lipinski definition) is 8. The summed E-state index contributed by atoms with van der Waals surface area (Å²) >= 11 is 0. The molecule has 8 N–H and O–H groups in total. The van der Waals surface area contributed by atoms with E-state index < -0.39 is 67.1 Å². The van der Waals surface area contributed by atoms with Crippen LogP contribution in [0.25, 0.3) is 0 Å². The molecule has 14 nitrogen and oxygen atoms in total. The molecule has 1 aliphatic carbocycles. The Morgan fingerprint density at radius 2 is 1.86 bits per heavy atom. The summed E-state index contributed by atoms with van der Waals surface area (Å²) in [6, 6.07) is 0. The summed E-state index contributed by atoms with van der Waals surface area (Å²) in [6.45, 7) is -0.278. The molecule has 1 saturated heterocycles. The van der Waals surface area contributed by atoms with E-state index in [-0.39, 0.29) is 17.8 Å². The number of quaternary nitrogens is 1. The lowest BCUT2D eigenvalue weighted by atomic mass is 9.81. The van der Waals surface area contributed by atoms with E-state index in [1.807, 2.05) is 6.08 Å². The fourth-order valence-electron chi connectivity index (χ4n) is 5.73. The number of hydrogen-bond acceptors (Lipinski definition) is 12. The van der Waals surface area contributed by atoms with Crippen LogP contribution in [0.2, 0.25) is 0 Å². The standard InChI is InChI=1S/C29H39NO13/c1-40-26(37)21-15-41-27(43-28-24(34)29(38,39)23(33)22(14-32)42-28)20(11-16-4-2-3-5-16)19(21)7-6-17-10-18(25(35)36)13-30(12-17)8-9-31/h6-7,10-11,13,15,19-20,22-24,27-28,31-34,38-39H,2-5,8-9,12,14H2,1H3,(H,35,36)/p+1/b7-6+/t19-,20+,22+,23+,24-,27-,28-/m0/s1. The van der Waals surface area contributed by atoms with E-state index in [1.165, 1.54) is 19.4 Å². The molecule has 43 heavy (non-hydrogen) atoms. The molecule has 0 aromatic heterocycles. The minimum Gasteiger partial charge on any atom is -0.477 e. The van der Waals surface area contributed by atoms with Crippen LogP contribution in [0.5, 0.6) is 0 Å². The monoisotopic (exact) mass is 610 g/mol. The number of carbonyl (C=O) groups is 2. The molecule has 14 heteroatoms. The fourth-order valence-corrected chi connectivity index (χ4v) is 5.73. The van der Waals surface area contributed by atoms with Crippen molar-refractivity contribution < 1.29 is 69.2 Å². The van der Waals surface area contributed by atoms with Crippen molar-refractivity contribution in [3.8, 4) is 0 Å². The van der Waals surface area contributed by atoms with E-state index in [0.717, 1.165) is 42.4 Å². The number of aliphatic hydroxyl groups excluding tert-OH is 4. The van der Waals surface area contributed by atoms with Crippen molar-refractivity contribution in [2.24, 2.45) is 11.8 Å². The molecule has 238 valence electrons. The van der Waals surface area contributed by atoms with Crippen LogP contribution >= 0.6 is 0 Å². The molecule has 0 aromatic rings. The van der Waals surface area contributed by atoms with E-state index in [4.69, 9.17) is 18.9 Å². The summed E-state index contributed by atoms with van der Waals surface area (Å²) in [4.78, 5) is 25.3. The maximum Gasteiger partial charge on any atom is 0.341 e. The van der Waals surface area contributed by atoms with Gasteiger partial charge in [0.15, 0.2) is 12.4 Å². The van der Waals surface area contributed by atoms with Gasteiger partial charge in [-0.2, -0.15) is 0 Å². The molecule has 4 rings (SSSR count). The maximum absolute atomic E-state index is 12.9. The van der Waals surface area contributed by atoms with Gasteiger partial charge in [-0.1, -0.05) is 23.8 Å². The molecule has 0 amide bonds. The Hall–Kier alpha value is -2.92. The molecule has 4 aliphatic rings. The Kier molecular flexibility index (Phi) is 10.9. The van der Waals surface area contributed by atoms with Crippen molar-refractivity contribution in [1.82, 2.24) is 0 Å². The van der Waals surface area contributed by atoms with Crippen LogP contribution in [0.15, 0.2) is 59.1 Å². The van der Waals surface area contributed by atoms with Gasteiger partial charge >= 0.3 is 11.9 Å². The third-order valence-electron chi connectivity index (χ3n) is 8.08. The first-order valence-corrected chi connectivity index (χ1v) is 14.2. The number of carboxylic acid groups (broad SMARTS) is 1. The average molecular weight is 611 g/mol. The Morgan fingerprint density at radius 3 is 2.49 bits per heavy atom. The van der Waals surface area contributed by atoms with E-state index in [0.29, 0.717) is 18.7 Å². The second-order valence-electron chi connectivity index (χ2n) is 11.0. The number of carboxylic acids is 1. The SMILES string of the molecule is COC(=O)C1=CO[C@@H](O[C@@H]2O[C@H](CO)[C@@H](O)C(O)(O)[C@H]2O)[C@H](C=C2CCCC2)[C@@H]1/C=C/C1=CC(C(=O)O)=C[NH+](CCO)C1. The number of allylic oxidation sites excluding steroid dienone is 2. The number of carbonyl (C=O) groups excluding carboxylic acids is 1. The van der Waals surface area contributed by atoms with Crippen LogP contribution in [0, 0.1) is 11.8 Å². The smallest absolute Gasteiger partial charge is 0.341 e. The highest BCUT2D eigenvalue weighted by Crippen LogP contribution is 2.39. The van der Waals surface area contributed by atoms with Crippen LogP contribution in [-0.2, 0) is 28.5 Å². The van der Waals surface area contributed by atoms with Crippen molar-refractivity contribution in [2.75, 3.05) is 33.4 Å². The first kappa shape index (κ1) is 33.0. The molecular weight excluding hydrogens is 570 g/mol. The van der Waals surface area contributed by atoms with E-state index >= 15 is 0 Å². The fraction of sp³-hybridized carbons (Fsp3) is 0.586. The molecule has 0 aromatic carbocycles. The largest absolute Gasteiger partial charge is 0.477 e. The van der Waals surface area contributed by atoms with Crippen molar-refractivity contribution in [3.63, 3.8) is 0 Å². The van der Waals surface area contributed by atoms with Crippen LogP contribution in [-0.4, -0.2) is 118 Å². The lowest BCUT2D eigenvalue weighted by Gasteiger charge is -2.46. The summed E-state index contributed by atoms with van der Waals surface area (Å²) in [5.41, 5.74) is 1.89. The summed E-state index contributed by atoms with van der Waals surface area (Å²) in [6.07, 6.45) is 4.33. The first-order chi connectivity index (χ1) is 20.5. The van der Waals surface area contributed by atoms with Gasteiger partial charge < -0.3 is 59.6 Å². The molecule has 3 heterocycles. The number of aliphatic carboxylic acids is 1. The molecule has 0 bridgehead atoms. The second kappa shape index (κ2) is 14.2. The minimum atomic E-state index is -3.07. The summed E-state index contributed by atoms with van der Waals surface area (Å²) < 4.78 is 22.2. The van der Waals surface area contributed by atoms with Gasteiger partial charge in [0.05, 0.1) is 38.1 Å². The highest BCUT2D eigenvalue weighted by Gasteiger charge is 2.56. The zero-order valence-corrected chi connectivity index (χ0v) is 23.7. The van der Waals surface area contributed by atoms with Crippen molar-refractivity contribution in [2.45, 2.75) is 62.4 Å². The van der Waals surface area contributed by atoms with Gasteiger partial charge in [0, 0.05) is 11.5 Å². The molecule has 1 unspecified atom stereocenters. The lowest BCUT2D eigenvalue weighted by Crippen LogP contribution is -3.08. The van der Waals surface area contributed by atoms with Gasteiger partial charge in [0.2, 0.25) is 12.1 Å². The van der Waals surface area contributed by atoms with E-state index in [9.17, 15) is 45.3 Å². The normalized spacial score (nSPS) is 34.2. The summed E-state index contributed by atoms with van der Waals surface area (Å²) in [7, 11) is 1.22. The topological polar surface area (TPSA) is 217 Å². The highest BCUT2D eigenvalue weighted by atomic mass is 16.8. The number of esters is 1. The Labute approximate surface area is 248 Å². The van der Waals surface area contributed by atoms with Crippen LogP contribution in [0.4, 0.5) is 0 Å². The average Bonchev–Trinajstić information content (AvgIpc) is 3.50. The molecular formula is C29H40NO13+. The molecule has 0 radical (unpaired) electrons. The maximum atomic E-state index is 12.9. The minimum absolute atomic E-state index is 0.0523. The zero-order chi connectivity index (χ0) is 31.3. The number of ether oxygens (including phenoxy) is 4. The molecule has 2 fully saturated rings. The Bertz CT molecular complexity index is 1180. The molecule has 3 aliphatic heterocycles. The lowest BCUT2D eigenvalue weighted by molar-refractivity contribution is -0.842. The van der Waals surface area contributed by atoms with Gasteiger partial charge in [-0.05, 0) is 31.8 Å². The number of aliphatic hydroxyl groups is 6. The van der Waals surface area contributed by atoms with Crippen molar-refractivity contribution >= 4 is 11.9 Å². The van der Waals surface area contributed by atoms with E-state index in [2.05, 4.69) is 0 Å². The predicted molar refractivity (Wildman–Crippen MR) is 145 cm³/mol. The van der Waals surface area contributed by atoms with Crippen molar-refractivity contribution in [1.29, 1.82) is 0 Å². The number of methoxy groups -OCH3 is 1. The number of nitrogens with one attached hydrogen (secondary N) is 1.